The number of alkyl halides is 1. The van der Waals surface area contributed by atoms with E-state index in [-0.39, 0.29) is 0 Å². The second kappa shape index (κ2) is 4.62. The monoisotopic (exact) mass is 334 g/mol. The second-order valence-electron chi connectivity index (χ2n) is 4.27. The van der Waals surface area contributed by atoms with Gasteiger partial charge in [-0.3, -0.25) is 0 Å². The molecule has 0 aromatic heterocycles. The van der Waals surface area contributed by atoms with Crippen molar-refractivity contribution in [2.75, 3.05) is 5.33 Å². The molecule has 3 rings (SSSR count). The molecule has 0 atom stereocenters. The first-order chi connectivity index (χ1) is 9.16. The Labute approximate surface area is 120 Å². The highest BCUT2D eigenvalue weighted by atomic mass is 79.9. The number of fused-ring (bicyclic) bond motifs is 2. The Bertz CT molecular complexity index is 721. The molecule has 1 aliphatic rings. The predicted octanol–water partition coefficient (Wildman–Crippen LogP) is 3.66. The van der Waals surface area contributed by atoms with Crippen LogP contribution >= 0.6 is 15.9 Å². The average molecular weight is 335 g/mol. The molecule has 0 bridgehead atoms. The minimum atomic E-state index is -3.41. The maximum absolute atomic E-state index is 12.6. The topological polar surface area (TPSA) is 34.1 Å². The van der Waals surface area contributed by atoms with Crippen LogP contribution in [0, 0.1) is 0 Å². The normalized spacial score (nSPS) is 15.5. The van der Waals surface area contributed by atoms with E-state index in [1.807, 2.05) is 30.3 Å². The molecule has 1 aliphatic heterocycles. The largest absolute Gasteiger partial charge is 0.218 e. The lowest BCUT2D eigenvalue weighted by Gasteiger charge is -2.22. The molecule has 2 nitrogen and oxygen atoms in total. The molecule has 2 aromatic rings. The average Bonchev–Trinajstić information content (AvgIpc) is 2.44. The van der Waals surface area contributed by atoms with E-state index in [4.69, 9.17) is 0 Å². The van der Waals surface area contributed by atoms with Crippen LogP contribution in [0.5, 0.6) is 0 Å². The Kier molecular flexibility index (Phi) is 3.07. The van der Waals surface area contributed by atoms with Crippen LogP contribution in [-0.2, 0) is 9.84 Å². The molecule has 1 heterocycles. The van der Waals surface area contributed by atoms with Gasteiger partial charge < -0.3 is 0 Å². The molecule has 0 saturated heterocycles. The van der Waals surface area contributed by atoms with Crippen molar-refractivity contribution in [3.05, 3.63) is 65.7 Å². The third-order valence-corrected chi connectivity index (χ3v) is 5.41. The lowest BCUT2D eigenvalue weighted by Crippen LogP contribution is -2.13. The minimum absolute atomic E-state index is 0.390. The molecule has 0 amide bonds. The van der Waals surface area contributed by atoms with E-state index in [2.05, 4.69) is 15.9 Å². The lowest BCUT2D eigenvalue weighted by molar-refractivity contribution is 0.594. The molecular formula is C15H11BrO2S. The number of hydrogen-bond donors (Lipinski definition) is 0. The predicted molar refractivity (Wildman–Crippen MR) is 79.2 cm³/mol. The van der Waals surface area contributed by atoms with E-state index >= 15 is 0 Å². The molecule has 0 radical (unpaired) electrons. The van der Waals surface area contributed by atoms with Gasteiger partial charge in [-0.05, 0) is 17.7 Å². The SMILES string of the molecule is O=S1(=O)c2ccccc2C(=CCBr)c2ccccc21. The van der Waals surface area contributed by atoms with Crippen LogP contribution in [0.2, 0.25) is 0 Å². The van der Waals surface area contributed by atoms with Crippen LogP contribution in [0.1, 0.15) is 11.1 Å². The number of halogens is 1. The van der Waals surface area contributed by atoms with Crippen LogP contribution in [-0.4, -0.2) is 13.7 Å². The van der Waals surface area contributed by atoms with Gasteiger partial charge >= 0.3 is 0 Å². The molecule has 0 unspecified atom stereocenters. The molecule has 0 fully saturated rings. The van der Waals surface area contributed by atoms with Crippen LogP contribution in [0.25, 0.3) is 5.57 Å². The van der Waals surface area contributed by atoms with E-state index < -0.39 is 9.84 Å². The van der Waals surface area contributed by atoms with Gasteiger partial charge in [0.2, 0.25) is 9.84 Å². The third-order valence-electron chi connectivity index (χ3n) is 3.21. The Morgan fingerprint density at radius 1 is 0.895 bits per heavy atom. The summed E-state index contributed by atoms with van der Waals surface area (Å²) in [5.41, 5.74) is 2.53. The van der Waals surface area contributed by atoms with Gasteiger partial charge in [0, 0.05) is 16.5 Å². The number of allylic oxidation sites excluding steroid dienone is 1. The van der Waals surface area contributed by atoms with Gasteiger partial charge in [-0.25, -0.2) is 8.42 Å². The maximum Gasteiger partial charge on any atom is 0.207 e. The Morgan fingerprint density at radius 2 is 1.37 bits per heavy atom. The molecule has 4 heteroatoms. The van der Waals surface area contributed by atoms with Crippen molar-refractivity contribution in [2.24, 2.45) is 0 Å². The van der Waals surface area contributed by atoms with Crippen LogP contribution < -0.4 is 0 Å². The second-order valence-corrected chi connectivity index (χ2v) is 6.80. The summed E-state index contributed by atoms with van der Waals surface area (Å²) in [5, 5.41) is 0.686. The zero-order valence-electron chi connectivity index (χ0n) is 10.0. The first kappa shape index (κ1) is 12.6. The summed E-state index contributed by atoms with van der Waals surface area (Å²) in [6, 6.07) is 14.3. The number of hydrogen-bond acceptors (Lipinski definition) is 2. The smallest absolute Gasteiger partial charge is 0.207 e. The number of sulfone groups is 1. The Balaban J connectivity index is 2.44. The van der Waals surface area contributed by atoms with Gasteiger partial charge in [0.25, 0.3) is 0 Å². The van der Waals surface area contributed by atoms with E-state index in [9.17, 15) is 8.42 Å². The third kappa shape index (κ3) is 1.86. The fraction of sp³-hybridized carbons (Fsp3) is 0.0667. The summed E-state index contributed by atoms with van der Waals surface area (Å²) in [7, 11) is -3.41. The molecule has 19 heavy (non-hydrogen) atoms. The quantitative estimate of drug-likeness (QED) is 0.636. The van der Waals surface area contributed by atoms with Gasteiger partial charge in [0.05, 0.1) is 9.79 Å². The minimum Gasteiger partial charge on any atom is -0.218 e. The zero-order valence-corrected chi connectivity index (χ0v) is 12.4. The molecule has 0 aliphatic carbocycles. The van der Waals surface area contributed by atoms with Crippen molar-refractivity contribution in [1.82, 2.24) is 0 Å². The molecule has 2 aromatic carbocycles. The van der Waals surface area contributed by atoms with E-state index in [1.54, 1.807) is 24.3 Å². The molecule has 0 saturated carbocycles. The Morgan fingerprint density at radius 3 is 1.84 bits per heavy atom. The molecule has 0 N–H and O–H groups in total. The zero-order chi connectivity index (χ0) is 13.5. The van der Waals surface area contributed by atoms with E-state index in [1.165, 1.54) is 0 Å². The van der Waals surface area contributed by atoms with Crippen LogP contribution in [0.3, 0.4) is 0 Å². The molecular weight excluding hydrogens is 324 g/mol. The van der Waals surface area contributed by atoms with Gasteiger partial charge in [0.15, 0.2) is 0 Å². The maximum atomic E-state index is 12.6. The van der Waals surface area contributed by atoms with E-state index in [0.717, 1.165) is 16.7 Å². The lowest BCUT2D eigenvalue weighted by atomic mass is 9.97. The van der Waals surface area contributed by atoms with Gasteiger partial charge in [-0.15, -0.1) is 0 Å². The summed E-state index contributed by atoms with van der Waals surface area (Å²) in [5.74, 6) is 0. The number of rotatable bonds is 1. The van der Waals surface area contributed by atoms with Gasteiger partial charge in [-0.2, -0.15) is 0 Å². The summed E-state index contributed by atoms with van der Waals surface area (Å²) in [4.78, 5) is 0.779. The first-order valence-electron chi connectivity index (χ1n) is 5.86. The summed E-state index contributed by atoms with van der Waals surface area (Å²) in [6.07, 6.45) is 2.01. The van der Waals surface area contributed by atoms with Crippen molar-refractivity contribution in [1.29, 1.82) is 0 Å². The van der Waals surface area contributed by atoms with Crippen LogP contribution in [0.15, 0.2) is 64.4 Å². The number of benzene rings is 2. The molecule has 96 valence electrons. The van der Waals surface area contributed by atoms with Gasteiger partial charge in [0.1, 0.15) is 0 Å². The highest BCUT2D eigenvalue weighted by Gasteiger charge is 2.31. The summed E-state index contributed by atoms with van der Waals surface area (Å²) < 4.78 is 25.2. The van der Waals surface area contributed by atoms with Gasteiger partial charge in [-0.1, -0.05) is 58.4 Å². The summed E-state index contributed by atoms with van der Waals surface area (Å²) >= 11 is 3.39. The molecule has 0 spiro atoms. The highest BCUT2D eigenvalue weighted by molar-refractivity contribution is 9.09. The fourth-order valence-corrected chi connectivity index (χ4v) is 4.42. The van der Waals surface area contributed by atoms with Crippen molar-refractivity contribution < 1.29 is 8.42 Å². The van der Waals surface area contributed by atoms with Crippen LogP contribution in [0.4, 0.5) is 0 Å². The highest BCUT2D eigenvalue weighted by Crippen LogP contribution is 2.40. The fourth-order valence-electron chi connectivity index (χ4n) is 2.41. The summed E-state index contributed by atoms with van der Waals surface area (Å²) in [6.45, 7) is 0. The van der Waals surface area contributed by atoms with Crippen molar-refractivity contribution >= 4 is 31.3 Å². The standard InChI is InChI=1S/C15H11BrO2S/c16-10-9-11-12-5-1-3-7-14(12)19(17,18)15-8-4-2-6-13(11)15/h1-9H,10H2. The van der Waals surface area contributed by atoms with Crippen molar-refractivity contribution in [3.8, 4) is 0 Å². The Hall–Kier alpha value is -1.39. The van der Waals surface area contributed by atoms with Crippen molar-refractivity contribution in [3.63, 3.8) is 0 Å². The first-order valence-corrected chi connectivity index (χ1v) is 8.47. The van der Waals surface area contributed by atoms with E-state index in [0.29, 0.717) is 15.1 Å². The van der Waals surface area contributed by atoms with Crippen molar-refractivity contribution in [2.45, 2.75) is 9.79 Å².